The molecule has 0 aromatic rings. The molecule has 0 heterocycles. The van der Waals surface area contributed by atoms with Gasteiger partial charge in [0.1, 0.15) is 5.60 Å². The standard InChI is InChI=1S/C8H14N2O2S/c1-8(2,3)12-7(11)10(5)6(13)9-4/h4H2,1-3,5H3/p+1. The number of hydrogen-bond acceptors (Lipinski definition) is 2. The molecule has 74 valence electrons. The van der Waals surface area contributed by atoms with Gasteiger partial charge in [0, 0.05) is 0 Å². The Morgan fingerprint density at radius 1 is 1.54 bits per heavy atom. The van der Waals surface area contributed by atoms with Gasteiger partial charge in [-0.25, -0.2) is 4.67 Å². The van der Waals surface area contributed by atoms with Gasteiger partial charge < -0.3 is 4.74 Å². The summed E-state index contributed by atoms with van der Waals surface area (Å²) in [6, 6.07) is 0. The van der Waals surface area contributed by atoms with Crippen LogP contribution in [0.5, 0.6) is 0 Å². The molecule has 0 spiro atoms. The van der Waals surface area contributed by atoms with E-state index in [9.17, 15) is 4.79 Å². The van der Waals surface area contributed by atoms with Crippen LogP contribution in [-0.4, -0.2) is 35.5 Å². The van der Waals surface area contributed by atoms with Gasteiger partial charge in [0.05, 0.1) is 7.05 Å². The van der Waals surface area contributed by atoms with Crippen molar-refractivity contribution >= 4 is 30.6 Å². The highest BCUT2D eigenvalue weighted by atomic mass is 32.1. The van der Waals surface area contributed by atoms with E-state index in [-0.39, 0.29) is 5.17 Å². The molecular weight excluding hydrogens is 188 g/mol. The number of amidine groups is 1. The number of thiol groups is 1. The van der Waals surface area contributed by atoms with E-state index < -0.39 is 11.7 Å². The molecule has 0 bridgehead atoms. The Labute approximate surface area is 83.7 Å². The molecule has 0 saturated carbocycles. The number of hydrogen-bond donors (Lipinski definition) is 1. The van der Waals surface area contributed by atoms with E-state index in [0.717, 1.165) is 0 Å². The molecule has 0 aromatic carbocycles. The van der Waals surface area contributed by atoms with Gasteiger partial charge in [0.2, 0.25) is 0 Å². The van der Waals surface area contributed by atoms with Gasteiger partial charge >= 0.3 is 11.3 Å². The van der Waals surface area contributed by atoms with Gasteiger partial charge in [-0.15, -0.1) is 4.90 Å². The number of nitrogens with zero attached hydrogens (tertiary/aromatic N) is 2. The van der Waals surface area contributed by atoms with Gasteiger partial charge in [0.15, 0.2) is 6.72 Å². The molecule has 13 heavy (non-hydrogen) atoms. The summed E-state index contributed by atoms with van der Waals surface area (Å²) < 4.78 is 8.55. The van der Waals surface area contributed by atoms with Crippen LogP contribution in [0, 0.1) is 0 Å². The second kappa shape index (κ2) is 4.35. The van der Waals surface area contributed by atoms with Crippen LogP contribution in [0.15, 0.2) is 0 Å². The van der Waals surface area contributed by atoms with Crippen molar-refractivity contribution < 1.29 is 9.53 Å². The van der Waals surface area contributed by atoms with Gasteiger partial charge in [0.25, 0.3) is 0 Å². The van der Waals surface area contributed by atoms with Gasteiger partial charge in [-0.1, -0.05) is 0 Å². The van der Waals surface area contributed by atoms with Crippen LogP contribution in [0.1, 0.15) is 20.8 Å². The Morgan fingerprint density at radius 2 is 2.00 bits per heavy atom. The Morgan fingerprint density at radius 3 is 2.31 bits per heavy atom. The third-order valence-corrected chi connectivity index (χ3v) is 1.55. The zero-order chi connectivity index (χ0) is 10.6. The number of rotatable bonds is 0. The molecule has 0 aliphatic carbocycles. The predicted molar refractivity (Wildman–Crippen MR) is 57.2 cm³/mol. The average molecular weight is 203 g/mol. The largest absolute Gasteiger partial charge is 0.508 e. The summed E-state index contributed by atoms with van der Waals surface area (Å²) >= 11 is 3.93. The third kappa shape index (κ3) is 4.60. The van der Waals surface area contributed by atoms with Crippen molar-refractivity contribution in [2.45, 2.75) is 26.4 Å². The lowest BCUT2D eigenvalue weighted by molar-refractivity contribution is 0.0406. The summed E-state index contributed by atoms with van der Waals surface area (Å²) in [6.45, 7) is 8.62. The minimum absolute atomic E-state index is 0.217. The molecule has 0 aromatic heterocycles. The van der Waals surface area contributed by atoms with Crippen LogP contribution in [0.4, 0.5) is 4.79 Å². The number of carbonyl (C=O) groups excluding carboxylic acids is 1. The van der Waals surface area contributed by atoms with E-state index in [4.69, 9.17) is 4.74 Å². The van der Waals surface area contributed by atoms with Gasteiger partial charge in [-0.3, -0.25) is 0 Å². The SMILES string of the molecule is C=[N+]=C(S)N(C)C(=O)OC(C)(C)C. The highest BCUT2D eigenvalue weighted by Crippen LogP contribution is 2.09. The molecule has 0 rings (SSSR count). The normalized spacial score (nSPS) is 10.2. The van der Waals surface area contributed by atoms with Crippen molar-refractivity contribution in [1.29, 1.82) is 0 Å². The maximum absolute atomic E-state index is 11.3. The first-order valence-electron chi connectivity index (χ1n) is 3.77. The van der Waals surface area contributed by atoms with Crippen molar-refractivity contribution in [2.75, 3.05) is 7.05 Å². The summed E-state index contributed by atoms with van der Waals surface area (Å²) in [5.74, 6) is 0. The summed E-state index contributed by atoms with van der Waals surface area (Å²) in [6.07, 6.45) is -0.495. The van der Waals surface area contributed by atoms with Gasteiger partial charge in [-0.05, 0) is 33.4 Å². The summed E-state index contributed by atoms with van der Waals surface area (Å²) in [5.41, 5.74) is -0.513. The number of amides is 1. The lowest BCUT2D eigenvalue weighted by atomic mass is 10.2. The van der Waals surface area contributed by atoms with Crippen LogP contribution >= 0.6 is 12.6 Å². The van der Waals surface area contributed by atoms with Crippen LogP contribution in [-0.2, 0) is 4.74 Å². The fourth-order valence-corrected chi connectivity index (χ4v) is 0.600. The van der Waals surface area contributed by atoms with E-state index in [1.54, 1.807) is 20.8 Å². The van der Waals surface area contributed by atoms with E-state index in [2.05, 4.69) is 24.0 Å². The zero-order valence-electron chi connectivity index (χ0n) is 8.37. The quantitative estimate of drug-likeness (QED) is 0.275. The molecule has 0 saturated heterocycles. The Kier molecular flexibility index (Phi) is 4.04. The molecule has 0 aliphatic rings. The maximum atomic E-state index is 11.3. The highest BCUT2D eigenvalue weighted by Gasteiger charge is 2.27. The van der Waals surface area contributed by atoms with Crippen LogP contribution < -0.4 is 4.67 Å². The van der Waals surface area contributed by atoms with Crippen molar-refractivity contribution in [2.24, 2.45) is 0 Å². The van der Waals surface area contributed by atoms with Gasteiger partial charge in [-0.2, -0.15) is 4.79 Å². The Hall–Kier alpha value is -0.930. The first kappa shape index (κ1) is 12.1. The molecule has 0 aliphatic heterocycles. The minimum Gasteiger partial charge on any atom is -0.425 e. The highest BCUT2D eigenvalue weighted by molar-refractivity contribution is 7.96. The predicted octanol–water partition coefficient (Wildman–Crippen LogP) is 0.907. The monoisotopic (exact) mass is 203 g/mol. The molecule has 0 fully saturated rings. The summed E-state index contributed by atoms with van der Waals surface area (Å²) in [7, 11) is 1.52. The molecule has 0 atom stereocenters. The molecule has 0 N–H and O–H groups in total. The fourth-order valence-electron chi connectivity index (χ4n) is 0.518. The lowest BCUT2D eigenvalue weighted by Gasteiger charge is -2.19. The van der Waals surface area contributed by atoms with E-state index >= 15 is 0 Å². The smallest absolute Gasteiger partial charge is 0.425 e. The Balaban J connectivity index is 4.38. The fraction of sp³-hybridized carbons (Fsp3) is 0.625. The maximum Gasteiger partial charge on any atom is 0.508 e. The summed E-state index contributed by atoms with van der Waals surface area (Å²) in [5, 5.41) is 0.217. The van der Waals surface area contributed by atoms with Crippen LogP contribution in [0.25, 0.3) is 0 Å². The van der Waals surface area contributed by atoms with Crippen LogP contribution in [0.2, 0.25) is 0 Å². The van der Waals surface area contributed by atoms with Crippen molar-refractivity contribution in [3.8, 4) is 0 Å². The zero-order valence-corrected chi connectivity index (χ0v) is 9.26. The van der Waals surface area contributed by atoms with Crippen molar-refractivity contribution in [3.05, 3.63) is 0 Å². The molecule has 1 amide bonds. The molecule has 4 nitrogen and oxygen atoms in total. The minimum atomic E-state index is -0.513. The summed E-state index contributed by atoms with van der Waals surface area (Å²) in [4.78, 5) is 12.5. The van der Waals surface area contributed by atoms with E-state index in [0.29, 0.717) is 0 Å². The number of ether oxygens (including phenoxy) is 1. The number of carbonyl (C=O) groups is 1. The van der Waals surface area contributed by atoms with Crippen molar-refractivity contribution in [1.82, 2.24) is 9.57 Å². The van der Waals surface area contributed by atoms with Crippen molar-refractivity contribution in [3.63, 3.8) is 0 Å². The lowest BCUT2D eigenvalue weighted by Crippen LogP contribution is -2.36. The third-order valence-electron chi connectivity index (χ3n) is 1.11. The molecular formula is C8H15N2O2S+. The molecule has 5 heteroatoms. The first-order valence-corrected chi connectivity index (χ1v) is 4.22. The molecule has 0 unspecified atom stereocenters. The van der Waals surface area contributed by atoms with E-state index in [1.807, 2.05) is 0 Å². The average Bonchev–Trinajstić information content (AvgIpc) is 1.98. The Bertz CT molecular complexity index is 251. The second-order valence-electron chi connectivity index (χ2n) is 3.50. The van der Waals surface area contributed by atoms with E-state index in [1.165, 1.54) is 11.9 Å². The second-order valence-corrected chi connectivity index (χ2v) is 3.90. The molecule has 0 radical (unpaired) electrons. The topological polar surface area (TPSA) is 43.6 Å². The van der Waals surface area contributed by atoms with Crippen LogP contribution in [0.3, 0.4) is 0 Å². The first-order chi connectivity index (χ1) is 5.78.